The molecular weight excluding hydrogens is 326 g/mol. The van der Waals surface area contributed by atoms with E-state index >= 15 is 0 Å². The fourth-order valence-electron chi connectivity index (χ4n) is 2.43. The molecule has 2 aromatic rings. The van der Waals surface area contributed by atoms with Crippen LogP contribution in [0.3, 0.4) is 0 Å². The lowest BCUT2D eigenvalue weighted by Crippen LogP contribution is -2.32. The Morgan fingerprint density at radius 2 is 1.60 bits per heavy atom. The highest BCUT2D eigenvalue weighted by molar-refractivity contribution is 6.21. The Labute approximate surface area is 142 Å². The van der Waals surface area contributed by atoms with Crippen molar-refractivity contribution in [2.75, 3.05) is 7.11 Å². The molecule has 0 atom stereocenters. The molecule has 2 amide bonds. The van der Waals surface area contributed by atoms with Gasteiger partial charge in [0.05, 0.1) is 30.2 Å². The van der Waals surface area contributed by atoms with E-state index in [1.54, 1.807) is 24.3 Å². The predicted molar refractivity (Wildman–Crippen MR) is 84.5 cm³/mol. The van der Waals surface area contributed by atoms with Crippen molar-refractivity contribution >= 4 is 23.8 Å². The summed E-state index contributed by atoms with van der Waals surface area (Å²) in [5.41, 5.74) is 1.01. The number of benzene rings is 2. The van der Waals surface area contributed by atoms with E-state index in [0.29, 0.717) is 10.6 Å². The van der Waals surface area contributed by atoms with Gasteiger partial charge in [0.1, 0.15) is 0 Å². The molecule has 0 unspecified atom stereocenters. The van der Waals surface area contributed by atoms with Crippen LogP contribution in [0, 0.1) is 0 Å². The largest absolute Gasteiger partial charge is 0.469 e. The van der Waals surface area contributed by atoms with Gasteiger partial charge in [-0.1, -0.05) is 29.3 Å². The van der Waals surface area contributed by atoms with Gasteiger partial charge in [-0.2, -0.15) is 0 Å². The number of nitrogens with zero attached hydrogens (tertiary/aromatic N) is 1. The zero-order chi connectivity index (χ0) is 18.0. The van der Waals surface area contributed by atoms with Gasteiger partial charge in [-0.25, -0.2) is 4.79 Å². The number of esters is 1. The van der Waals surface area contributed by atoms with Crippen LogP contribution in [0.1, 0.15) is 36.6 Å². The Hall–Kier alpha value is -3.48. The Kier molecular flexibility index (Phi) is 4.30. The third-order valence-electron chi connectivity index (χ3n) is 3.67. The molecule has 0 aromatic heterocycles. The average molecular weight is 339 g/mol. The van der Waals surface area contributed by atoms with Gasteiger partial charge in [0.15, 0.2) is 0 Å². The van der Waals surface area contributed by atoms with E-state index in [1.165, 1.54) is 31.4 Å². The second-order valence-electron chi connectivity index (χ2n) is 5.28. The molecule has 3 rings (SSSR count). The van der Waals surface area contributed by atoms with Gasteiger partial charge >= 0.3 is 11.9 Å². The summed E-state index contributed by atoms with van der Waals surface area (Å²) in [5, 5.41) is 0.444. The molecule has 0 radical (unpaired) electrons. The number of carbonyl (C=O) groups is 4. The minimum absolute atomic E-state index is 0.00929. The van der Waals surface area contributed by atoms with Crippen molar-refractivity contribution in [2.24, 2.45) is 0 Å². The van der Waals surface area contributed by atoms with Crippen LogP contribution < -0.4 is 0 Å². The monoisotopic (exact) mass is 339 g/mol. The topological polar surface area (TPSA) is 90.0 Å². The quantitative estimate of drug-likeness (QED) is 0.623. The van der Waals surface area contributed by atoms with E-state index in [0.717, 1.165) is 0 Å². The number of imide groups is 1. The van der Waals surface area contributed by atoms with E-state index in [2.05, 4.69) is 4.74 Å². The summed E-state index contributed by atoms with van der Waals surface area (Å²) in [4.78, 5) is 52.9. The molecule has 0 saturated carbocycles. The van der Waals surface area contributed by atoms with Crippen molar-refractivity contribution in [3.63, 3.8) is 0 Å². The normalized spacial score (nSPS) is 12.8. The van der Waals surface area contributed by atoms with Crippen molar-refractivity contribution in [1.82, 2.24) is 5.06 Å². The zero-order valence-electron chi connectivity index (χ0n) is 13.2. The molecule has 7 heteroatoms. The highest BCUT2D eigenvalue weighted by Gasteiger charge is 2.38. The zero-order valence-corrected chi connectivity index (χ0v) is 13.2. The van der Waals surface area contributed by atoms with Crippen LogP contribution in [0.5, 0.6) is 0 Å². The lowest BCUT2D eigenvalue weighted by atomic mass is 10.1. The summed E-state index contributed by atoms with van der Waals surface area (Å²) in [7, 11) is 1.27. The maximum absolute atomic E-state index is 12.3. The molecular formula is C18H13NO6. The minimum Gasteiger partial charge on any atom is -0.469 e. The van der Waals surface area contributed by atoms with E-state index in [4.69, 9.17) is 4.84 Å². The number of carbonyl (C=O) groups excluding carboxylic acids is 4. The summed E-state index contributed by atoms with van der Waals surface area (Å²) in [5.74, 6) is -2.72. The summed E-state index contributed by atoms with van der Waals surface area (Å²) >= 11 is 0. The van der Waals surface area contributed by atoms with E-state index in [1.807, 2.05) is 0 Å². The number of rotatable bonds is 4. The number of methoxy groups -OCH3 is 1. The summed E-state index contributed by atoms with van der Waals surface area (Å²) in [6.45, 7) is 0. The summed E-state index contributed by atoms with van der Waals surface area (Å²) < 4.78 is 4.57. The van der Waals surface area contributed by atoms with Crippen molar-refractivity contribution in [1.29, 1.82) is 0 Å². The van der Waals surface area contributed by atoms with Crippen LogP contribution in [0.2, 0.25) is 0 Å². The number of hydrogen-bond acceptors (Lipinski definition) is 6. The molecule has 0 bridgehead atoms. The molecule has 7 nitrogen and oxygen atoms in total. The molecule has 0 N–H and O–H groups in total. The van der Waals surface area contributed by atoms with E-state index in [9.17, 15) is 19.2 Å². The van der Waals surface area contributed by atoms with Crippen molar-refractivity contribution in [3.8, 4) is 0 Å². The van der Waals surface area contributed by atoms with Crippen LogP contribution in [0.4, 0.5) is 0 Å². The lowest BCUT2D eigenvalue weighted by molar-refractivity contribution is -0.139. The maximum Gasteiger partial charge on any atom is 0.363 e. The fraction of sp³-hybridized carbons (Fsp3) is 0.111. The Balaban J connectivity index is 1.77. The summed E-state index contributed by atoms with van der Waals surface area (Å²) in [6, 6.07) is 12.3. The van der Waals surface area contributed by atoms with Crippen LogP contribution in [0.25, 0.3) is 0 Å². The van der Waals surface area contributed by atoms with E-state index < -0.39 is 23.8 Å². The molecule has 2 aromatic carbocycles. The average Bonchev–Trinajstić information content (AvgIpc) is 2.87. The Morgan fingerprint density at radius 1 is 0.960 bits per heavy atom. The van der Waals surface area contributed by atoms with Crippen molar-refractivity contribution in [2.45, 2.75) is 6.42 Å². The molecule has 0 aliphatic carbocycles. The molecule has 25 heavy (non-hydrogen) atoms. The molecule has 0 saturated heterocycles. The first-order chi connectivity index (χ1) is 12.0. The highest BCUT2D eigenvalue weighted by atomic mass is 16.7. The molecule has 0 fully saturated rings. The standard InChI is InChI=1S/C18H13NO6/c1-24-15(20)10-11-5-4-6-12(9-11)18(23)25-19-16(21)13-7-2-3-8-14(13)17(19)22/h2-9H,10H2,1H3. The Bertz CT molecular complexity index is 854. The molecule has 1 aliphatic heterocycles. The third-order valence-corrected chi connectivity index (χ3v) is 3.67. The molecule has 126 valence electrons. The molecule has 1 heterocycles. The Morgan fingerprint density at radius 3 is 2.20 bits per heavy atom. The maximum atomic E-state index is 12.3. The van der Waals surface area contributed by atoms with Gasteiger partial charge in [0.2, 0.25) is 0 Å². The van der Waals surface area contributed by atoms with Crippen LogP contribution in [-0.4, -0.2) is 35.9 Å². The second-order valence-corrected chi connectivity index (χ2v) is 5.28. The van der Waals surface area contributed by atoms with Gasteiger partial charge in [0, 0.05) is 0 Å². The van der Waals surface area contributed by atoms with Crippen LogP contribution >= 0.6 is 0 Å². The smallest absolute Gasteiger partial charge is 0.363 e. The van der Waals surface area contributed by atoms with Gasteiger partial charge in [-0.15, -0.1) is 0 Å². The fourth-order valence-corrected chi connectivity index (χ4v) is 2.43. The second kappa shape index (κ2) is 6.56. The van der Waals surface area contributed by atoms with Crippen molar-refractivity contribution < 1.29 is 28.8 Å². The SMILES string of the molecule is COC(=O)Cc1cccc(C(=O)ON2C(=O)c3ccccc3C2=O)c1. The molecule has 0 spiro atoms. The highest BCUT2D eigenvalue weighted by Crippen LogP contribution is 2.23. The van der Waals surface area contributed by atoms with Crippen LogP contribution in [0.15, 0.2) is 48.5 Å². The summed E-state index contributed by atoms with van der Waals surface area (Å²) in [6.07, 6.45) is -0.00929. The van der Waals surface area contributed by atoms with Crippen LogP contribution in [-0.2, 0) is 20.8 Å². The lowest BCUT2D eigenvalue weighted by Gasteiger charge is -2.13. The minimum atomic E-state index is -0.874. The number of hydroxylamine groups is 2. The third kappa shape index (κ3) is 3.12. The number of hydrogen-bond donors (Lipinski definition) is 0. The van der Waals surface area contributed by atoms with Gasteiger partial charge in [-0.3, -0.25) is 14.4 Å². The first-order valence-corrected chi connectivity index (χ1v) is 7.37. The van der Waals surface area contributed by atoms with E-state index in [-0.39, 0.29) is 23.1 Å². The van der Waals surface area contributed by atoms with Gasteiger partial charge < -0.3 is 9.57 Å². The number of fused-ring (bicyclic) bond motifs is 1. The van der Waals surface area contributed by atoms with Crippen molar-refractivity contribution in [3.05, 3.63) is 70.8 Å². The first-order valence-electron chi connectivity index (χ1n) is 7.37. The molecule has 1 aliphatic rings. The number of amides is 2. The van der Waals surface area contributed by atoms with Gasteiger partial charge in [-0.05, 0) is 29.8 Å². The number of ether oxygens (including phenoxy) is 1. The van der Waals surface area contributed by atoms with Gasteiger partial charge in [0.25, 0.3) is 11.8 Å². The first kappa shape index (κ1) is 16.4. The predicted octanol–water partition coefficient (Wildman–Crippen LogP) is 1.77.